The first-order valence-electron chi connectivity index (χ1n) is 3.83. The second kappa shape index (κ2) is 1.74. The Balaban J connectivity index is 2.82. The van der Waals surface area contributed by atoms with Gasteiger partial charge in [0.1, 0.15) is 0 Å². The molecule has 0 aromatic heterocycles. The average Bonchev–Trinajstić information content (AvgIpc) is 1.84. The van der Waals surface area contributed by atoms with Crippen molar-refractivity contribution in [2.75, 3.05) is 0 Å². The maximum absolute atomic E-state index is 5.85. The summed E-state index contributed by atoms with van der Waals surface area (Å²) in [6.45, 7) is 8.73. The van der Waals surface area contributed by atoms with E-state index in [0.717, 1.165) is 0 Å². The third-order valence-electron chi connectivity index (χ3n) is 3.71. The lowest BCUT2D eigenvalue weighted by molar-refractivity contribution is -0.0700. The fraction of sp³-hybridized carbons (Fsp3) is 1.00. The van der Waals surface area contributed by atoms with Crippen molar-refractivity contribution in [3.8, 4) is 0 Å². The molecule has 0 unspecified atom stereocenters. The molecule has 4 N–H and O–H groups in total. The van der Waals surface area contributed by atoms with Crippen LogP contribution in [-0.2, 0) is 0 Å². The van der Waals surface area contributed by atoms with E-state index in [0.29, 0.717) is 0 Å². The van der Waals surface area contributed by atoms with E-state index in [1.165, 1.54) is 0 Å². The van der Waals surface area contributed by atoms with Gasteiger partial charge in [-0.3, -0.25) is 0 Å². The molecule has 2 atom stereocenters. The van der Waals surface area contributed by atoms with Gasteiger partial charge >= 0.3 is 0 Å². The monoisotopic (exact) mass is 142 g/mol. The fourth-order valence-corrected chi connectivity index (χ4v) is 1.66. The van der Waals surface area contributed by atoms with Gasteiger partial charge in [-0.15, -0.1) is 0 Å². The largest absolute Gasteiger partial charge is 0.326 e. The van der Waals surface area contributed by atoms with Gasteiger partial charge in [0.2, 0.25) is 0 Å². The Kier molecular flexibility index (Phi) is 1.40. The summed E-state index contributed by atoms with van der Waals surface area (Å²) in [5.41, 5.74) is 12.1. The zero-order valence-corrected chi connectivity index (χ0v) is 7.31. The Labute approximate surface area is 63.0 Å². The van der Waals surface area contributed by atoms with Crippen molar-refractivity contribution in [2.24, 2.45) is 22.3 Å². The van der Waals surface area contributed by atoms with Gasteiger partial charge in [0.05, 0.1) is 0 Å². The van der Waals surface area contributed by atoms with Crippen LogP contribution in [-0.4, -0.2) is 12.1 Å². The Morgan fingerprint density at radius 3 is 1.10 bits per heavy atom. The summed E-state index contributed by atoms with van der Waals surface area (Å²) in [5.74, 6) is 0. The van der Waals surface area contributed by atoms with Gasteiger partial charge in [0, 0.05) is 12.1 Å². The van der Waals surface area contributed by atoms with E-state index in [1.54, 1.807) is 0 Å². The fourth-order valence-electron chi connectivity index (χ4n) is 1.66. The lowest BCUT2D eigenvalue weighted by Gasteiger charge is -2.62. The molecular weight excluding hydrogens is 124 g/mol. The molecule has 0 heterocycles. The van der Waals surface area contributed by atoms with Gasteiger partial charge in [-0.2, -0.15) is 0 Å². The third-order valence-corrected chi connectivity index (χ3v) is 3.71. The smallest absolute Gasteiger partial charge is 0.0255 e. The molecule has 1 aliphatic carbocycles. The van der Waals surface area contributed by atoms with Crippen LogP contribution in [0.2, 0.25) is 0 Å². The molecule has 1 saturated carbocycles. The van der Waals surface area contributed by atoms with Crippen molar-refractivity contribution in [3.05, 3.63) is 0 Å². The van der Waals surface area contributed by atoms with Gasteiger partial charge in [0.25, 0.3) is 0 Å². The van der Waals surface area contributed by atoms with E-state index in [1.807, 2.05) is 0 Å². The molecule has 2 nitrogen and oxygen atoms in total. The highest BCUT2D eigenvalue weighted by molar-refractivity contribution is 5.14. The van der Waals surface area contributed by atoms with Crippen molar-refractivity contribution in [1.82, 2.24) is 0 Å². The standard InChI is InChI=1S/C8H18N2/c1-7(2)5(9)6(10)8(7,3)4/h5-6H,9-10H2,1-4H3/t5-,6+. The number of rotatable bonds is 0. The molecule has 0 aliphatic heterocycles. The van der Waals surface area contributed by atoms with Crippen molar-refractivity contribution >= 4 is 0 Å². The molecule has 1 aliphatic rings. The summed E-state index contributed by atoms with van der Waals surface area (Å²) >= 11 is 0. The lowest BCUT2D eigenvalue weighted by Crippen LogP contribution is -2.74. The summed E-state index contributed by atoms with van der Waals surface area (Å²) in [7, 11) is 0. The van der Waals surface area contributed by atoms with Crippen LogP contribution >= 0.6 is 0 Å². The van der Waals surface area contributed by atoms with Crippen LogP contribution in [0, 0.1) is 10.8 Å². The van der Waals surface area contributed by atoms with Crippen molar-refractivity contribution in [2.45, 2.75) is 39.8 Å². The second-order valence-electron chi connectivity index (χ2n) is 4.49. The summed E-state index contributed by atoms with van der Waals surface area (Å²) in [6, 6.07) is 0.338. The minimum atomic E-state index is 0.169. The van der Waals surface area contributed by atoms with E-state index >= 15 is 0 Å². The third kappa shape index (κ3) is 0.611. The molecule has 1 rings (SSSR count). The lowest BCUT2D eigenvalue weighted by atomic mass is 9.47. The molecule has 0 amide bonds. The maximum atomic E-state index is 5.85. The Hall–Kier alpha value is -0.0800. The summed E-state index contributed by atoms with van der Waals surface area (Å²) < 4.78 is 0. The zero-order chi connectivity index (χ0) is 8.15. The first-order chi connectivity index (χ1) is 4.32. The van der Waals surface area contributed by atoms with E-state index in [9.17, 15) is 0 Å². The topological polar surface area (TPSA) is 52.0 Å². The molecule has 10 heavy (non-hydrogen) atoms. The summed E-state index contributed by atoms with van der Waals surface area (Å²) in [4.78, 5) is 0. The Morgan fingerprint density at radius 2 is 1.00 bits per heavy atom. The van der Waals surface area contributed by atoms with Crippen LogP contribution < -0.4 is 11.5 Å². The summed E-state index contributed by atoms with van der Waals surface area (Å²) in [6.07, 6.45) is 0. The van der Waals surface area contributed by atoms with Crippen LogP contribution in [0.4, 0.5) is 0 Å². The molecule has 0 aromatic rings. The molecule has 0 spiro atoms. The average molecular weight is 142 g/mol. The van der Waals surface area contributed by atoms with Crippen molar-refractivity contribution < 1.29 is 0 Å². The molecule has 0 bridgehead atoms. The maximum Gasteiger partial charge on any atom is 0.0255 e. The van der Waals surface area contributed by atoms with Crippen molar-refractivity contribution in [3.63, 3.8) is 0 Å². The first-order valence-corrected chi connectivity index (χ1v) is 3.83. The normalized spacial score (nSPS) is 42.6. The predicted molar refractivity (Wildman–Crippen MR) is 43.5 cm³/mol. The van der Waals surface area contributed by atoms with Crippen LogP contribution in [0.1, 0.15) is 27.7 Å². The minimum absolute atomic E-state index is 0.169. The minimum Gasteiger partial charge on any atom is -0.326 e. The predicted octanol–water partition coefficient (Wildman–Crippen LogP) is 0.707. The summed E-state index contributed by atoms with van der Waals surface area (Å²) in [5, 5.41) is 0. The van der Waals surface area contributed by atoms with Gasteiger partial charge in [0.15, 0.2) is 0 Å². The van der Waals surface area contributed by atoms with Crippen LogP contribution in [0.3, 0.4) is 0 Å². The molecule has 2 heteroatoms. The Bertz CT molecular complexity index is 131. The van der Waals surface area contributed by atoms with Gasteiger partial charge < -0.3 is 11.5 Å². The molecule has 0 radical (unpaired) electrons. The molecule has 0 aromatic carbocycles. The Morgan fingerprint density at radius 1 is 0.800 bits per heavy atom. The SMILES string of the molecule is CC1(C)[C@H](N)[C@H](N)C1(C)C. The van der Waals surface area contributed by atoms with Gasteiger partial charge in [-0.1, -0.05) is 27.7 Å². The number of nitrogens with two attached hydrogens (primary N) is 2. The quantitative estimate of drug-likeness (QED) is 0.523. The van der Waals surface area contributed by atoms with Gasteiger partial charge in [-0.25, -0.2) is 0 Å². The van der Waals surface area contributed by atoms with E-state index < -0.39 is 0 Å². The zero-order valence-electron chi connectivity index (χ0n) is 7.31. The molecule has 60 valence electrons. The van der Waals surface area contributed by atoms with E-state index in [-0.39, 0.29) is 22.9 Å². The highest BCUT2D eigenvalue weighted by Gasteiger charge is 2.58. The molecule has 1 fully saturated rings. The van der Waals surface area contributed by atoms with Gasteiger partial charge in [-0.05, 0) is 10.8 Å². The molecule has 0 saturated heterocycles. The second-order valence-corrected chi connectivity index (χ2v) is 4.49. The van der Waals surface area contributed by atoms with Crippen LogP contribution in [0.25, 0.3) is 0 Å². The molecular formula is C8H18N2. The number of hydrogen-bond acceptors (Lipinski definition) is 2. The van der Waals surface area contributed by atoms with Crippen LogP contribution in [0.5, 0.6) is 0 Å². The highest BCUT2D eigenvalue weighted by Crippen LogP contribution is 2.53. The van der Waals surface area contributed by atoms with E-state index in [4.69, 9.17) is 11.5 Å². The first kappa shape index (κ1) is 8.02. The van der Waals surface area contributed by atoms with E-state index in [2.05, 4.69) is 27.7 Å². The highest BCUT2D eigenvalue weighted by atomic mass is 14.9. The van der Waals surface area contributed by atoms with Crippen molar-refractivity contribution in [1.29, 1.82) is 0 Å². The van der Waals surface area contributed by atoms with Crippen LogP contribution in [0.15, 0.2) is 0 Å². The number of hydrogen-bond donors (Lipinski definition) is 2.